The van der Waals surface area contributed by atoms with Crippen molar-refractivity contribution in [2.75, 3.05) is 31.8 Å². The zero-order valence-electron chi connectivity index (χ0n) is 25.3. The third-order valence-corrected chi connectivity index (χ3v) is 7.47. The molecule has 4 aromatic rings. The van der Waals surface area contributed by atoms with Crippen LogP contribution in [0.2, 0.25) is 0 Å². The van der Waals surface area contributed by atoms with Gasteiger partial charge in [-0.15, -0.1) is 10.2 Å². The molecule has 0 radical (unpaired) electrons. The monoisotopic (exact) mass is 594 g/mol. The van der Waals surface area contributed by atoms with E-state index in [-0.39, 0.29) is 29.2 Å². The van der Waals surface area contributed by atoms with Crippen molar-refractivity contribution < 1.29 is 19.1 Å². The van der Waals surface area contributed by atoms with Gasteiger partial charge in [0.2, 0.25) is 5.91 Å². The molecule has 3 N–H and O–H groups in total. The minimum atomic E-state index is -0.446. The van der Waals surface area contributed by atoms with E-state index in [4.69, 9.17) is 4.74 Å². The number of aryl methyl sites for hydroxylation is 2. The fourth-order valence-corrected chi connectivity index (χ4v) is 4.78. The second kappa shape index (κ2) is 12.9. The lowest BCUT2D eigenvalue weighted by Crippen LogP contribution is -2.27. The SMILES string of the molecule is CNC(=O)c1nnc(NC(=O)C2CC2)cc1Nc1cccc(-c2ccc(C(=O)N(C)Cc3c(C)ccnc3C)nc2)c1OC. The van der Waals surface area contributed by atoms with Gasteiger partial charge >= 0.3 is 0 Å². The molecule has 226 valence electrons. The number of ether oxygens (including phenoxy) is 1. The van der Waals surface area contributed by atoms with E-state index in [1.165, 1.54) is 7.05 Å². The molecule has 3 heterocycles. The zero-order chi connectivity index (χ0) is 31.4. The maximum Gasteiger partial charge on any atom is 0.273 e. The second-order valence-corrected chi connectivity index (χ2v) is 10.6. The summed E-state index contributed by atoms with van der Waals surface area (Å²) in [6.45, 7) is 4.35. The first-order valence-corrected chi connectivity index (χ1v) is 14.2. The third kappa shape index (κ3) is 6.48. The first-order valence-electron chi connectivity index (χ1n) is 14.2. The molecule has 0 unspecified atom stereocenters. The fourth-order valence-electron chi connectivity index (χ4n) is 4.78. The molecular formula is C32H34N8O4. The van der Waals surface area contributed by atoms with Crippen molar-refractivity contribution in [1.82, 2.24) is 30.4 Å². The number of hydrogen-bond acceptors (Lipinski definition) is 9. The number of anilines is 3. The average molecular weight is 595 g/mol. The largest absolute Gasteiger partial charge is 0.494 e. The van der Waals surface area contributed by atoms with E-state index in [1.807, 2.05) is 38.1 Å². The van der Waals surface area contributed by atoms with Gasteiger partial charge in [-0.1, -0.05) is 18.2 Å². The number of nitrogens with one attached hydrogen (secondary N) is 3. The lowest BCUT2D eigenvalue weighted by Gasteiger charge is -2.19. The Morgan fingerprint density at radius 1 is 1.02 bits per heavy atom. The molecule has 1 aliphatic carbocycles. The van der Waals surface area contributed by atoms with Crippen LogP contribution < -0.4 is 20.7 Å². The summed E-state index contributed by atoms with van der Waals surface area (Å²) in [6, 6.07) is 12.5. The maximum absolute atomic E-state index is 13.2. The van der Waals surface area contributed by atoms with Crippen molar-refractivity contribution in [1.29, 1.82) is 0 Å². The fraction of sp³-hybridized carbons (Fsp3) is 0.281. The Morgan fingerprint density at radius 3 is 2.48 bits per heavy atom. The zero-order valence-corrected chi connectivity index (χ0v) is 25.3. The number of carbonyl (C=O) groups excluding carboxylic acids is 3. The van der Waals surface area contributed by atoms with Gasteiger partial charge in [0.15, 0.2) is 11.5 Å². The summed E-state index contributed by atoms with van der Waals surface area (Å²) >= 11 is 0. The predicted molar refractivity (Wildman–Crippen MR) is 166 cm³/mol. The number of amides is 3. The summed E-state index contributed by atoms with van der Waals surface area (Å²) in [5.74, 6) is -0.0856. The molecule has 44 heavy (non-hydrogen) atoms. The first-order chi connectivity index (χ1) is 21.2. The molecular weight excluding hydrogens is 560 g/mol. The number of pyridine rings is 2. The van der Waals surface area contributed by atoms with Crippen molar-refractivity contribution in [3.63, 3.8) is 0 Å². The Morgan fingerprint density at radius 2 is 1.82 bits per heavy atom. The summed E-state index contributed by atoms with van der Waals surface area (Å²) < 4.78 is 5.79. The minimum Gasteiger partial charge on any atom is -0.494 e. The standard InChI is InChI=1S/C32H34N8O4/c1-18-13-14-34-19(2)23(18)17-40(4)32(43)25-12-11-21(16-35-25)22-7-6-8-24(29(22)44-5)36-26-15-27(37-30(41)20-9-10-20)38-39-28(26)31(42)33-3/h6-8,11-16,20H,9-10,17H2,1-5H3,(H,33,42)(H2,36,37,38,41). The highest BCUT2D eigenvalue weighted by Gasteiger charge is 2.30. The average Bonchev–Trinajstić information content (AvgIpc) is 3.88. The highest BCUT2D eigenvalue weighted by Crippen LogP contribution is 2.38. The summed E-state index contributed by atoms with van der Waals surface area (Å²) in [5.41, 5.74) is 5.65. The van der Waals surface area contributed by atoms with Gasteiger partial charge in [0, 0.05) is 61.8 Å². The number of para-hydroxylation sites is 1. The molecule has 1 fully saturated rings. The van der Waals surface area contributed by atoms with Crippen molar-refractivity contribution in [2.45, 2.75) is 33.2 Å². The smallest absolute Gasteiger partial charge is 0.273 e. The molecule has 1 aromatic carbocycles. The van der Waals surface area contributed by atoms with Crippen molar-refractivity contribution in [3.05, 3.63) is 83.1 Å². The van der Waals surface area contributed by atoms with Gasteiger partial charge in [0.25, 0.3) is 11.8 Å². The van der Waals surface area contributed by atoms with Gasteiger partial charge in [-0.05, 0) is 56.0 Å². The van der Waals surface area contributed by atoms with Crippen LogP contribution >= 0.6 is 0 Å². The van der Waals surface area contributed by atoms with Gasteiger partial charge in [-0.25, -0.2) is 0 Å². The molecule has 12 heteroatoms. The van der Waals surface area contributed by atoms with Crippen LogP contribution in [0.15, 0.2) is 54.9 Å². The molecule has 0 spiro atoms. The van der Waals surface area contributed by atoms with E-state index in [2.05, 4.69) is 36.1 Å². The normalized spacial score (nSPS) is 12.3. The van der Waals surface area contributed by atoms with Gasteiger partial charge in [0.05, 0.1) is 18.5 Å². The van der Waals surface area contributed by atoms with Gasteiger partial charge < -0.3 is 25.6 Å². The number of benzene rings is 1. The lowest BCUT2D eigenvalue weighted by molar-refractivity contribution is -0.117. The van der Waals surface area contributed by atoms with Gasteiger partial charge in [-0.2, -0.15) is 0 Å². The third-order valence-electron chi connectivity index (χ3n) is 7.47. The summed E-state index contributed by atoms with van der Waals surface area (Å²) in [5, 5.41) is 16.6. The topological polar surface area (TPSA) is 151 Å². The van der Waals surface area contributed by atoms with Crippen molar-refractivity contribution in [2.24, 2.45) is 5.92 Å². The number of methoxy groups -OCH3 is 1. The van der Waals surface area contributed by atoms with Crippen LogP contribution in [0.3, 0.4) is 0 Å². The number of aromatic nitrogens is 4. The molecule has 12 nitrogen and oxygen atoms in total. The number of carbonyl (C=O) groups is 3. The number of nitrogens with zero attached hydrogens (tertiary/aromatic N) is 5. The maximum atomic E-state index is 13.2. The Labute approximate surface area is 255 Å². The molecule has 3 amide bonds. The van der Waals surface area contributed by atoms with Crippen molar-refractivity contribution >= 4 is 34.9 Å². The van der Waals surface area contributed by atoms with Crippen LogP contribution in [-0.4, -0.2) is 64.0 Å². The van der Waals surface area contributed by atoms with E-state index in [0.717, 1.165) is 35.2 Å². The molecule has 0 atom stereocenters. The van der Waals surface area contributed by atoms with E-state index in [9.17, 15) is 14.4 Å². The Bertz CT molecular complexity index is 1700. The van der Waals surface area contributed by atoms with Crippen LogP contribution in [0.5, 0.6) is 5.75 Å². The summed E-state index contributed by atoms with van der Waals surface area (Å²) in [6.07, 6.45) is 5.07. The molecule has 5 rings (SSSR count). The van der Waals surface area contributed by atoms with Gasteiger partial charge in [0.1, 0.15) is 11.4 Å². The molecule has 1 aliphatic rings. The first kappa shape index (κ1) is 30.1. The summed E-state index contributed by atoms with van der Waals surface area (Å²) in [7, 11) is 4.78. The molecule has 0 saturated heterocycles. The molecule has 0 aliphatic heterocycles. The van der Waals surface area contributed by atoms with Crippen molar-refractivity contribution in [3.8, 4) is 16.9 Å². The minimum absolute atomic E-state index is 0.0196. The molecule has 3 aromatic heterocycles. The van der Waals surface area contributed by atoms with Crippen LogP contribution in [0.25, 0.3) is 11.1 Å². The Hall–Kier alpha value is -5.39. The number of hydrogen-bond donors (Lipinski definition) is 3. The van der Waals surface area contributed by atoms with E-state index in [1.54, 1.807) is 49.7 Å². The Kier molecular flexibility index (Phi) is 8.79. The predicted octanol–water partition coefficient (Wildman–Crippen LogP) is 4.28. The molecule has 1 saturated carbocycles. The lowest BCUT2D eigenvalue weighted by atomic mass is 10.0. The van der Waals surface area contributed by atoms with Crippen LogP contribution in [-0.2, 0) is 11.3 Å². The van der Waals surface area contributed by atoms with Crippen LogP contribution in [0, 0.1) is 19.8 Å². The van der Waals surface area contributed by atoms with E-state index in [0.29, 0.717) is 34.9 Å². The quantitative estimate of drug-likeness (QED) is 0.244. The van der Waals surface area contributed by atoms with E-state index < -0.39 is 5.91 Å². The summed E-state index contributed by atoms with van der Waals surface area (Å²) in [4.78, 5) is 48.5. The molecule has 0 bridgehead atoms. The second-order valence-electron chi connectivity index (χ2n) is 10.6. The van der Waals surface area contributed by atoms with Gasteiger partial charge in [-0.3, -0.25) is 24.4 Å². The Balaban J connectivity index is 1.39. The van der Waals surface area contributed by atoms with Crippen LogP contribution in [0.4, 0.5) is 17.2 Å². The van der Waals surface area contributed by atoms with Crippen LogP contribution in [0.1, 0.15) is 50.6 Å². The van der Waals surface area contributed by atoms with E-state index >= 15 is 0 Å². The highest BCUT2D eigenvalue weighted by atomic mass is 16.5. The highest BCUT2D eigenvalue weighted by molar-refractivity contribution is 6.00. The number of rotatable bonds is 10.